The molecule has 2 heterocycles. The zero-order chi connectivity index (χ0) is 16.3. The molecule has 2 rings (SSSR count). The molecule has 118 valence electrons. The number of halogens is 1. The van der Waals surface area contributed by atoms with Crippen LogP contribution < -0.4 is 0 Å². The van der Waals surface area contributed by atoms with Crippen molar-refractivity contribution in [3.05, 3.63) is 35.4 Å². The van der Waals surface area contributed by atoms with Crippen molar-refractivity contribution < 1.29 is 19.1 Å². The molecule has 0 amide bonds. The summed E-state index contributed by atoms with van der Waals surface area (Å²) in [5, 5.41) is 10.4. The van der Waals surface area contributed by atoms with Crippen LogP contribution in [-0.2, 0) is 9.53 Å². The van der Waals surface area contributed by atoms with Crippen LogP contribution in [0, 0.1) is 0 Å². The molecule has 6 nitrogen and oxygen atoms in total. The molecule has 0 bridgehead atoms. The molecule has 1 unspecified atom stereocenters. The van der Waals surface area contributed by atoms with E-state index in [1.165, 1.54) is 12.4 Å². The van der Waals surface area contributed by atoms with Crippen LogP contribution in [0.4, 0.5) is 0 Å². The van der Waals surface area contributed by atoms with Gasteiger partial charge in [0.15, 0.2) is 5.76 Å². The summed E-state index contributed by atoms with van der Waals surface area (Å²) in [5.74, 6) is -0.0238. The number of carbonyl (C=O) groups is 1. The van der Waals surface area contributed by atoms with Crippen LogP contribution >= 0.6 is 11.6 Å². The van der Waals surface area contributed by atoms with Crippen LogP contribution in [0.1, 0.15) is 39.1 Å². The first-order chi connectivity index (χ1) is 10.2. The molecule has 7 heteroatoms. The zero-order valence-corrected chi connectivity index (χ0v) is 13.3. The minimum atomic E-state index is -1.11. The van der Waals surface area contributed by atoms with Crippen LogP contribution in [0.3, 0.4) is 0 Å². The van der Waals surface area contributed by atoms with Gasteiger partial charge in [0.2, 0.25) is 5.89 Å². The summed E-state index contributed by atoms with van der Waals surface area (Å²) in [6.07, 6.45) is 1.57. The van der Waals surface area contributed by atoms with E-state index in [2.05, 4.69) is 9.97 Å². The van der Waals surface area contributed by atoms with Crippen molar-refractivity contribution >= 4 is 17.6 Å². The molecule has 22 heavy (non-hydrogen) atoms. The minimum Gasteiger partial charge on any atom is -0.460 e. The zero-order valence-electron chi connectivity index (χ0n) is 12.5. The van der Waals surface area contributed by atoms with Gasteiger partial charge in [-0.15, -0.1) is 0 Å². The van der Waals surface area contributed by atoms with E-state index in [9.17, 15) is 9.90 Å². The van der Waals surface area contributed by atoms with Gasteiger partial charge in [-0.25, -0.2) is 9.97 Å². The quantitative estimate of drug-likeness (QED) is 0.687. The van der Waals surface area contributed by atoms with Crippen molar-refractivity contribution in [3.63, 3.8) is 0 Å². The molecule has 0 aliphatic carbocycles. The maximum Gasteiger partial charge on any atom is 0.309 e. The lowest BCUT2D eigenvalue weighted by atomic mass is 10.2. The number of carbonyl (C=O) groups excluding carboxylic acids is 1. The number of rotatable bonds is 4. The Morgan fingerprint density at radius 3 is 2.68 bits per heavy atom. The summed E-state index contributed by atoms with van der Waals surface area (Å²) in [4.78, 5) is 19.7. The maximum absolute atomic E-state index is 11.7. The molecule has 0 saturated heterocycles. The molecule has 0 radical (unpaired) electrons. The third-order valence-corrected chi connectivity index (χ3v) is 2.83. The van der Waals surface area contributed by atoms with Crippen LogP contribution in [0.2, 0.25) is 5.15 Å². The smallest absolute Gasteiger partial charge is 0.309 e. The average molecular weight is 325 g/mol. The molecule has 0 aliphatic rings. The number of aliphatic hydroxyl groups is 1. The number of ether oxygens (including phenoxy) is 1. The molecule has 0 fully saturated rings. The van der Waals surface area contributed by atoms with Crippen LogP contribution in [0.5, 0.6) is 0 Å². The molecule has 1 N–H and O–H groups in total. The third kappa shape index (κ3) is 4.54. The highest BCUT2D eigenvalue weighted by Gasteiger charge is 2.22. The van der Waals surface area contributed by atoms with Crippen LogP contribution in [0.25, 0.3) is 11.5 Å². The third-order valence-electron chi connectivity index (χ3n) is 2.61. The van der Waals surface area contributed by atoms with Gasteiger partial charge in [0, 0.05) is 6.20 Å². The van der Waals surface area contributed by atoms with E-state index >= 15 is 0 Å². The molecule has 0 spiro atoms. The lowest BCUT2D eigenvalue weighted by molar-refractivity contribution is -0.157. The van der Waals surface area contributed by atoms with Crippen molar-refractivity contribution in [3.8, 4) is 11.5 Å². The van der Waals surface area contributed by atoms with Gasteiger partial charge in [0.25, 0.3) is 0 Å². The first kappa shape index (κ1) is 16.5. The van der Waals surface area contributed by atoms with Crippen LogP contribution in [-0.4, -0.2) is 26.6 Å². The summed E-state index contributed by atoms with van der Waals surface area (Å²) >= 11 is 5.71. The monoisotopic (exact) mass is 324 g/mol. The Balaban J connectivity index is 2.04. The average Bonchev–Trinajstić information content (AvgIpc) is 2.86. The molecule has 2 aromatic heterocycles. The standard InChI is InChI=1S/C15H17ClN2O4/c1-15(2,3)22-13(20)6-10(19)11-8-18-14(21-11)9-4-5-12(16)17-7-9/h4-5,7-8,10,19H,6H2,1-3H3. The van der Waals surface area contributed by atoms with E-state index in [4.69, 9.17) is 20.8 Å². The minimum absolute atomic E-state index is 0.191. The van der Waals surface area contributed by atoms with Crippen molar-refractivity contribution in [2.75, 3.05) is 0 Å². The van der Waals surface area contributed by atoms with E-state index < -0.39 is 17.7 Å². The Morgan fingerprint density at radius 2 is 2.09 bits per heavy atom. The number of hydrogen-bond acceptors (Lipinski definition) is 6. The summed E-state index contributed by atoms with van der Waals surface area (Å²) < 4.78 is 10.6. The number of aromatic nitrogens is 2. The van der Waals surface area contributed by atoms with Crippen molar-refractivity contribution in [1.82, 2.24) is 9.97 Å². The second-order valence-corrected chi connectivity index (χ2v) is 6.13. The first-order valence-electron chi connectivity index (χ1n) is 6.72. The van der Waals surface area contributed by atoms with Crippen molar-refractivity contribution in [1.29, 1.82) is 0 Å². The van der Waals surface area contributed by atoms with Gasteiger partial charge < -0.3 is 14.3 Å². The van der Waals surface area contributed by atoms with Gasteiger partial charge in [-0.2, -0.15) is 0 Å². The fraction of sp³-hybridized carbons (Fsp3) is 0.400. The second-order valence-electron chi connectivity index (χ2n) is 5.74. The van der Waals surface area contributed by atoms with Crippen LogP contribution in [0.15, 0.2) is 28.9 Å². The number of nitrogens with zero attached hydrogens (tertiary/aromatic N) is 2. The summed E-state index contributed by atoms with van der Waals surface area (Å²) in [5.41, 5.74) is 0.0263. The summed E-state index contributed by atoms with van der Waals surface area (Å²) in [7, 11) is 0. The van der Waals surface area contributed by atoms with Gasteiger partial charge in [-0.3, -0.25) is 4.79 Å². The highest BCUT2D eigenvalue weighted by molar-refractivity contribution is 6.29. The van der Waals surface area contributed by atoms with E-state index in [1.54, 1.807) is 32.9 Å². The van der Waals surface area contributed by atoms with E-state index in [-0.39, 0.29) is 12.2 Å². The molecule has 0 saturated carbocycles. The van der Waals surface area contributed by atoms with Gasteiger partial charge in [0.1, 0.15) is 16.9 Å². The van der Waals surface area contributed by atoms with Gasteiger partial charge >= 0.3 is 5.97 Å². The molecular formula is C15H17ClN2O4. The second kappa shape index (κ2) is 6.46. The highest BCUT2D eigenvalue weighted by Crippen LogP contribution is 2.25. The fourth-order valence-electron chi connectivity index (χ4n) is 1.72. The Labute approximate surface area is 133 Å². The maximum atomic E-state index is 11.7. The molecule has 1 atom stereocenters. The molecule has 0 aliphatic heterocycles. The number of hydrogen-bond donors (Lipinski definition) is 1. The number of esters is 1. The fourth-order valence-corrected chi connectivity index (χ4v) is 1.83. The predicted octanol–water partition coefficient (Wildman–Crippen LogP) is 3.16. The Hall–Kier alpha value is -1.92. The predicted molar refractivity (Wildman–Crippen MR) is 80.2 cm³/mol. The Morgan fingerprint density at radius 1 is 1.36 bits per heavy atom. The van der Waals surface area contributed by atoms with E-state index in [0.717, 1.165) is 0 Å². The van der Waals surface area contributed by atoms with Gasteiger partial charge in [-0.05, 0) is 32.9 Å². The highest BCUT2D eigenvalue weighted by atomic mass is 35.5. The lowest BCUT2D eigenvalue weighted by Gasteiger charge is -2.20. The molecule has 2 aromatic rings. The van der Waals surface area contributed by atoms with E-state index in [1.807, 2.05) is 0 Å². The van der Waals surface area contributed by atoms with Crippen molar-refractivity contribution in [2.45, 2.75) is 38.9 Å². The number of pyridine rings is 1. The summed E-state index contributed by atoms with van der Waals surface area (Å²) in [6.45, 7) is 5.28. The summed E-state index contributed by atoms with van der Waals surface area (Å²) in [6, 6.07) is 3.31. The van der Waals surface area contributed by atoms with Gasteiger partial charge in [-0.1, -0.05) is 11.6 Å². The first-order valence-corrected chi connectivity index (χ1v) is 7.10. The Bertz CT molecular complexity index is 646. The van der Waals surface area contributed by atoms with Gasteiger partial charge in [0.05, 0.1) is 18.2 Å². The van der Waals surface area contributed by atoms with E-state index in [0.29, 0.717) is 16.6 Å². The normalized spacial score (nSPS) is 13.0. The molecular weight excluding hydrogens is 308 g/mol. The van der Waals surface area contributed by atoms with Crippen molar-refractivity contribution in [2.24, 2.45) is 0 Å². The largest absolute Gasteiger partial charge is 0.460 e. The number of aliphatic hydroxyl groups excluding tert-OH is 1. The lowest BCUT2D eigenvalue weighted by Crippen LogP contribution is -2.24. The number of oxazole rings is 1. The SMILES string of the molecule is CC(C)(C)OC(=O)CC(O)c1cnc(-c2ccc(Cl)nc2)o1. The topological polar surface area (TPSA) is 85.5 Å². The molecule has 0 aromatic carbocycles. The Kier molecular flexibility index (Phi) is 4.83.